The molecule has 1 rings (SSSR count). The zero-order valence-corrected chi connectivity index (χ0v) is 39.3. The summed E-state index contributed by atoms with van der Waals surface area (Å²) >= 11 is 0. The number of unbranched alkanes of at least 4 members (excludes halogenated alkanes) is 20. The Morgan fingerprint density at radius 3 is 1.44 bits per heavy atom. The molecular weight excluding hydrogens is 745 g/mol. The van der Waals surface area contributed by atoms with Gasteiger partial charge in [-0.05, 0) is 66.2 Å². The fraction of sp³-hybridized carbons (Fsp3) is 0.918. The van der Waals surface area contributed by atoms with E-state index in [-0.39, 0.29) is 48.2 Å². The highest BCUT2D eigenvalue weighted by Crippen LogP contribution is 2.27. The minimum absolute atomic E-state index is 0.0645. The van der Waals surface area contributed by atoms with Crippen LogP contribution < -0.4 is 10.6 Å². The summed E-state index contributed by atoms with van der Waals surface area (Å²) in [7, 11) is 1.69. The standard InChI is InChI=1S/C49H92N2O8/c1-8-10-12-14-16-18-20-22-24-26-28-30-46(54)58-42-33-32-41(40-43(42)59-47(55)31-29-27-25-23-21-19-17-15-13-11-9-2)51-45(53)35-34-44(52)50-38-36-49(5,6)57-39-37-48(3,4)56-7/h41-43H,8-40H2,1-7H3,(H,50,52)(H,51,53). The van der Waals surface area contributed by atoms with Crippen molar-refractivity contribution in [1.29, 1.82) is 0 Å². The number of methoxy groups -OCH3 is 1. The maximum atomic E-state index is 13.0. The summed E-state index contributed by atoms with van der Waals surface area (Å²) in [6.07, 6.45) is 29.3. The molecule has 0 heterocycles. The van der Waals surface area contributed by atoms with Gasteiger partial charge >= 0.3 is 11.9 Å². The van der Waals surface area contributed by atoms with E-state index in [0.29, 0.717) is 51.7 Å². The summed E-state index contributed by atoms with van der Waals surface area (Å²) in [6.45, 7) is 13.6. The van der Waals surface area contributed by atoms with Gasteiger partial charge in [-0.25, -0.2) is 0 Å². The van der Waals surface area contributed by atoms with Gasteiger partial charge in [0.05, 0.1) is 17.8 Å². The van der Waals surface area contributed by atoms with Crippen molar-refractivity contribution in [3.05, 3.63) is 0 Å². The molecule has 1 aliphatic carbocycles. The maximum Gasteiger partial charge on any atom is 0.306 e. The summed E-state index contributed by atoms with van der Waals surface area (Å²) in [5.41, 5.74) is -0.651. The van der Waals surface area contributed by atoms with Crippen LogP contribution in [0, 0.1) is 0 Å². The van der Waals surface area contributed by atoms with Crippen molar-refractivity contribution < 1.29 is 38.1 Å². The van der Waals surface area contributed by atoms with Gasteiger partial charge in [0.1, 0.15) is 12.2 Å². The van der Waals surface area contributed by atoms with E-state index in [1.165, 1.54) is 103 Å². The second kappa shape index (κ2) is 34.4. The van der Waals surface area contributed by atoms with E-state index in [1.807, 2.05) is 27.7 Å². The van der Waals surface area contributed by atoms with Crippen LogP contribution in [0.25, 0.3) is 0 Å². The Hall–Kier alpha value is -2.20. The molecule has 0 aromatic carbocycles. The van der Waals surface area contributed by atoms with Crippen LogP contribution >= 0.6 is 0 Å². The van der Waals surface area contributed by atoms with Gasteiger partial charge in [0.2, 0.25) is 11.8 Å². The van der Waals surface area contributed by atoms with Crippen molar-refractivity contribution in [2.75, 3.05) is 20.3 Å². The monoisotopic (exact) mass is 837 g/mol. The summed E-state index contributed by atoms with van der Waals surface area (Å²) in [5.74, 6) is -0.907. The molecule has 0 spiro atoms. The molecule has 2 amide bonds. The Morgan fingerprint density at radius 1 is 0.525 bits per heavy atom. The number of carbonyl (C=O) groups excluding carboxylic acids is 4. The smallest absolute Gasteiger partial charge is 0.306 e. The number of hydrogen-bond acceptors (Lipinski definition) is 8. The van der Waals surface area contributed by atoms with E-state index in [0.717, 1.165) is 44.9 Å². The lowest BCUT2D eigenvalue weighted by Gasteiger charge is -2.35. The van der Waals surface area contributed by atoms with Crippen molar-refractivity contribution in [2.24, 2.45) is 0 Å². The molecule has 1 saturated carbocycles. The first-order valence-electron chi connectivity index (χ1n) is 24.4. The summed E-state index contributed by atoms with van der Waals surface area (Å²) in [4.78, 5) is 51.5. The van der Waals surface area contributed by atoms with Crippen LogP contribution in [0.4, 0.5) is 0 Å². The van der Waals surface area contributed by atoms with Gasteiger partial charge in [-0.3, -0.25) is 19.2 Å². The molecule has 2 N–H and O–H groups in total. The minimum atomic E-state index is -0.607. The van der Waals surface area contributed by atoms with Crippen LogP contribution in [0.1, 0.15) is 241 Å². The fourth-order valence-electron chi connectivity index (χ4n) is 7.68. The molecule has 10 nitrogen and oxygen atoms in total. The minimum Gasteiger partial charge on any atom is -0.458 e. The lowest BCUT2D eigenvalue weighted by molar-refractivity contribution is -0.173. The van der Waals surface area contributed by atoms with E-state index in [4.69, 9.17) is 18.9 Å². The van der Waals surface area contributed by atoms with Crippen molar-refractivity contribution >= 4 is 23.8 Å². The highest BCUT2D eigenvalue weighted by molar-refractivity contribution is 5.83. The van der Waals surface area contributed by atoms with Crippen LogP contribution in [0.15, 0.2) is 0 Å². The summed E-state index contributed by atoms with van der Waals surface area (Å²) in [5, 5.41) is 5.97. The van der Waals surface area contributed by atoms with Gasteiger partial charge in [-0.15, -0.1) is 0 Å². The lowest BCUT2D eigenvalue weighted by Crippen LogP contribution is -2.48. The predicted octanol–water partition coefficient (Wildman–Crippen LogP) is 11.8. The quantitative estimate of drug-likeness (QED) is 0.0464. The number of rotatable bonds is 38. The van der Waals surface area contributed by atoms with Crippen molar-refractivity contribution in [2.45, 2.75) is 270 Å². The third-order valence-corrected chi connectivity index (χ3v) is 12.0. The number of esters is 2. The maximum absolute atomic E-state index is 13.0. The van der Waals surface area contributed by atoms with Crippen LogP contribution in [-0.2, 0) is 38.1 Å². The average Bonchev–Trinajstić information content (AvgIpc) is 3.19. The number of carbonyl (C=O) groups is 4. The third kappa shape index (κ3) is 31.3. The number of ether oxygens (including phenoxy) is 4. The Balaban J connectivity index is 2.53. The Morgan fingerprint density at radius 2 is 0.966 bits per heavy atom. The van der Waals surface area contributed by atoms with Crippen LogP contribution in [0.3, 0.4) is 0 Å². The number of hydrogen-bond donors (Lipinski definition) is 2. The van der Waals surface area contributed by atoms with E-state index in [9.17, 15) is 19.2 Å². The molecular formula is C49H92N2O8. The molecule has 3 atom stereocenters. The van der Waals surface area contributed by atoms with E-state index in [2.05, 4.69) is 24.5 Å². The molecule has 1 fully saturated rings. The normalized spacial score (nSPS) is 17.1. The van der Waals surface area contributed by atoms with E-state index in [1.54, 1.807) is 7.11 Å². The van der Waals surface area contributed by atoms with Crippen LogP contribution in [0.2, 0.25) is 0 Å². The second-order valence-corrected chi connectivity index (χ2v) is 18.6. The molecule has 0 aromatic heterocycles. The lowest BCUT2D eigenvalue weighted by atomic mass is 9.90. The molecule has 3 unspecified atom stereocenters. The molecule has 59 heavy (non-hydrogen) atoms. The molecule has 1 aliphatic rings. The van der Waals surface area contributed by atoms with Gasteiger partial charge in [0.15, 0.2) is 0 Å². The average molecular weight is 837 g/mol. The first-order valence-corrected chi connectivity index (χ1v) is 24.4. The highest BCUT2D eigenvalue weighted by Gasteiger charge is 2.36. The van der Waals surface area contributed by atoms with Gasteiger partial charge in [-0.2, -0.15) is 0 Å². The number of nitrogens with one attached hydrogen (secondary N) is 2. The Kier molecular flexibility index (Phi) is 32.0. The van der Waals surface area contributed by atoms with Crippen molar-refractivity contribution in [1.82, 2.24) is 10.6 Å². The Labute approximate surface area is 361 Å². The van der Waals surface area contributed by atoms with Crippen molar-refractivity contribution in [3.8, 4) is 0 Å². The Bertz CT molecular complexity index is 1100. The van der Waals surface area contributed by atoms with Crippen molar-refractivity contribution in [3.63, 3.8) is 0 Å². The molecule has 0 aliphatic heterocycles. The largest absolute Gasteiger partial charge is 0.458 e. The van der Waals surface area contributed by atoms with Gasteiger partial charge in [0, 0.05) is 51.8 Å². The first kappa shape index (κ1) is 54.8. The van der Waals surface area contributed by atoms with Crippen LogP contribution in [0.5, 0.6) is 0 Å². The van der Waals surface area contributed by atoms with Gasteiger partial charge in [0.25, 0.3) is 0 Å². The molecule has 346 valence electrons. The van der Waals surface area contributed by atoms with Crippen LogP contribution in [-0.4, -0.2) is 73.5 Å². The number of amides is 2. The topological polar surface area (TPSA) is 129 Å². The van der Waals surface area contributed by atoms with Gasteiger partial charge in [-0.1, -0.05) is 142 Å². The molecule has 0 aromatic rings. The first-order chi connectivity index (χ1) is 28.3. The van der Waals surface area contributed by atoms with Gasteiger partial charge < -0.3 is 29.6 Å². The van der Waals surface area contributed by atoms with E-state index >= 15 is 0 Å². The zero-order chi connectivity index (χ0) is 43.6. The zero-order valence-electron chi connectivity index (χ0n) is 39.3. The molecule has 0 saturated heterocycles. The third-order valence-electron chi connectivity index (χ3n) is 12.0. The fourth-order valence-corrected chi connectivity index (χ4v) is 7.68. The van der Waals surface area contributed by atoms with E-state index < -0.39 is 17.8 Å². The highest BCUT2D eigenvalue weighted by atomic mass is 16.6. The molecule has 0 bridgehead atoms. The summed E-state index contributed by atoms with van der Waals surface area (Å²) < 4.78 is 23.4. The summed E-state index contributed by atoms with van der Waals surface area (Å²) in [6, 6.07) is -0.229. The second-order valence-electron chi connectivity index (χ2n) is 18.6. The molecule has 10 heteroatoms. The predicted molar refractivity (Wildman–Crippen MR) is 240 cm³/mol. The SMILES string of the molecule is CCCCCCCCCCCCCC(=O)OC1CCC(NC(=O)CCC(=O)NCCC(C)(C)OCCC(C)(C)OC)CC1OC(=O)CCCCCCCCCCCCC. The molecule has 0 radical (unpaired) electrons.